The van der Waals surface area contributed by atoms with Gasteiger partial charge in [0.15, 0.2) is 6.29 Å². The van der Waals surface area contributed by atoms with Crippen LogP contribution >= 0.6 is 0 Å². The van der Waals surface area contributed by atoms with Crippen molar-refractivity contribution in [2.45, 2.75) is 19.3 Å². The van der Waals surface area contributed by atoms with Crippen LogP contribution in [0.2, 0.25) is 0 Å². The summed E-state index contributed by atoms with van der Waals surface area (Å²) in [6.45, 7) is 6.77. The Bertz CT molecular complexity index is 345. The molecule has 3 nitrogen and oxygen atoms in total. The minimum absolute atomic E-state index is 0.168. The Hall–Kier alpha value is -1.32. The maximum atomic E-state index is 5.59. The fourth-order valence-electron chi connectivity index (χ4n) is 1.56. The largest absolute Gasteiger partial charge is 0.490 e. The van der Waals surface area contributed by atoms with Crippen LogP contribution in [0, 0.1) is 0 Å². The van der Waals surface area contributed by atoms with E-state index in [9.17, 15) is 0 Å². The molecule has 2 rings (SSSR count). The molecule has 1 fully saturated rings. The molecular weight excluding hydrogens is 204 g/mol. The summed E-state index contributed by atoms with van der Waals surface area (Å²) in [6.07, 6.45) is 1.66. The minimum atomic E-state index is -0.233. The summed E-state index contributed by atoms with van der Waals surface area (Å²) in [7, 11) is 0. The third-order valence-corrected chi connectivity index (χ3v) is 2.36. The molecule has 1 aliphatic rings. The van der Waals surface area contributed by atoms with E-state index in [1.807, 2.05) is 31.2 Å². The molecule has 2 unspecified atom stereocenters. The normalized spacial score (nSPS) is 24.3. The maximum Gasteiger partial charge on any atom is 0.184 e. The minimum Gasteiger partial charge on any atom is -0.490 e. The second kappa shape index (κ2) is 5.14. The summed E-state index contributed by atoms with van der Waals surface area (Å²) >= 11 is 0. The molecule has 0 bridgehead atoms. The van der Waals surface area contributed by atoms with Gasteiger partial charge in [0.05, 0.1) is 12.7 Å². The van der Waals surface area contributed by atoms with E-state index in [0.717, 1.165) is 11.3 Å². The number of hydrogen-bond acceptors (Lipinski definition) is 3. The molecule has 1 aromatic carbocycles. The standard InChI is InChI=1S/C13H16O3/c1-3-8-14-12-6-4-11(5-7-12)13-15-9-10(2)16-13/h3-7,10,13H,1,8-9H2,2H3. The lowest BCUT2D eigenvalue weighted by molar-refractivity contribution is -0.0572. The van der Waals surface area contributed by atoms with Crippen LogP contribution in [0.15, 0.2) is 36.9 Å². The molecular formula is C13H16O3. The van der Waals surface area contributed by atoms with E-state index in [1.54, 1.807) is 6.08 Å². The van der Waals surface area contributed by atoms with Gasteiger partial charge < -0.3 is 14.2 Å². The van der Waals surface area contributed by atoms with E-state index < -0.39 is 0 Å². The molecule has 16 heavy (non-hydrogen) atoms. The molecule has 86 valence electrons. The van der Waals surface area contributed by atoms with Gasteiger partial charge in [-0.25, -0.2) is 0 Å². The lowest BCUT2D eigenvalue weighted by Crippen LogP contribution is -2.02. The molecule has 3 heteroatoms. The summed E-state index contributed by atoms with van der Waals surface area (Å²) in [4.78, 5) is 0. The Labute approximate surface area is 95.6 Å². The van der Waals surface area contributed by atoms with Crippen LogP contribution in [-0.4, -0.2) is 19.3 Å². The Balaban J connectivity index is 1.98. The molecule has 0 spiro atoms. The number of ether oxygens (including phenoxy) is 3. The van der Waals surface area contributed by atoms with Crippen LogP contribution in [0.1, 0.15) is 18.8 Å². The van der Waals surface area contributed by atoms with Gasteiger partial charge in [0.1, 0.15) is 12.4 Å². The van der Waals surface area contributed by atoms with E-state index in [0.29, 0.717) is 13.2 Å². The topological polar surface area (TPSA) is 27.7 Å². The van der Waals surface area contributed by atoms with Crippen LogP contribution in [0.25, 0.3) is 0 Å². The molecule has 1 saturated heterocycles. The molecule has 0 aliphatic carbocycles. The van der Waals surface area contributed by atoms with Gasteiger partial charge >= 0.3 is 0 Å². The second-order valence-corrected chi connectivity index (χ2v) is 3.78. The van der Waals surface area contributed by atoms with Crippen LogP contribution in [0.3, 0.4) is 0 Å². The SMILES string of the molecule is C=CCOc1ccc(C2OCC(C)O2)cc1. The number of rotatable bonds is 4. The first kappa shape index (κ1) is 11.2. The van der Waals surface area contributed by atoms with Crippen molar-refractivity contribution in [2.24, 2.45) is 0 Å². The summed E-state index contributed by atoms with van der Waals surface area (Å²) in [5.41, 5.74) is 1.02. The van der Waals surface area contributed by atoms with Crippen molar-refractivity contribution >= 4 is 0 Å². The number of benzene rings is 1. The summed E-state index contributed by atoms with van der Waals surface area (Å²) in [6, 6.07) is 7.74. The molecule has 0 aromatic heterocycles. The average Bonchev–Trinajstić information content (AvgIpc) is 2.74. The van der Waals surface area contributed by atoms with E-state index in [4.69, 9.17) is 14.2 Å². The third-order valence-electron chi connectivity index (χ3n) is 2.36. The highest BCUT2D eigenvalue weighted by Gasteiger charge is 2.23. The Kier molecular flexibility index (Phi) is 3.59. The zero-order chi connectivity index (χ0) is 11.4. The first-order chi connectivity index (χ1) is 7.79. The third kappa shape index (κ3) is 2.62. The van der Waals surface area contributed by atoms with Gasteiger partial charge in [-0.3, -0.25) is 0 Å². The molecule has 0 amide bonds. The van der Waals surface area contributed by atoms with Crippen molar-refractivity contribution in [1.82, 2.24) is 0 Å². The van der Waals surface area contributed by atoms with Crippen LogP contribution in [-0.2, 0) is 9.47 Å². The Morgan fingerprint density at radius 3 is 2.75 bits per heavy atom. The van der Waals surface area contributed by atoms with Crippen LogP contribution < -0.4 is 4.74 Å². The van der Waals surface area contributed by atoms with Gasteiger partial charge in [-0.2, -0.15) is 0 Å². The first-order valence-electron chi connectivity index (χ1n) is 5.40. The van der Waals surface area contributed by atoms with Crippen LogP contribution in [0.5, 0.6) is 5.75 Å². The van der Waals surface area contributed by atoms with Gasteiger partial charge in [-0.05, 0) is 19.1 Å². The van der Waals surface area contributed by atoms with E-state index >= 15 is 0 Å². The molecule has 1 aromatic rings. The Morgan fingerprint density at radius 1 is 1.44 bits per heavy atom. The lowest BCUT2D eigenvalue weighted by atomic mass is 10.2. The monoisotopic (exact) mass is 220 g/mol. The van der Waals surface area contributed by atoms with Crippen molar-refractivity contribution in [3.63, 3.8) is 0 Å². The zero-order valence-corrected chi connectivity index (χ0v) is 9.39. The smallest absolute Gasteiger partial charge is 0.184 e. The predicted octanol–water partition coefficient (Wildman–Crippen LogP) is 2.69. The fourth-order valence-corrected chi connectivity index (χ4v) is 1.56. The van der Waals surface area contributed by atoms with Crippen molar-refractivity contribution in [3.05, 3.63) is 42.5 Å². The molecule has 0 N–H and O–H groups in total. The Morgan fingerprint density at radius 2 is 2.19 bits per heavy atom. The van der Waals surface area contributed by atoms with Gasteiger partial charge in [0, 0.05) is 5.56 Å². The highest BCUT2D eigenvalue weighted by atomic mass is 16.7. The highest BCUT2D eigenvalue weighted by molar-refractivity contribution is 5.28. The molecule has 2 atom stereocenters. The fraction of sp³-hybridized carbons (Fsp3) is 0.385. The maximum absolute atomic E-state index is 5.59. The van der Waals surface area contributed by atoms with Gasteiger partial charge in [0.25, 0.3) is 0 Å². The van der Waals surface area contributed by atoms with Crippen molar-refractivity contribution < 1.29 is 14.2 Å². The summed E-state index contributed by atoms with van der Waals surface area (Å²) < 4.78 is 16.5. The summed E-state index contributed by atoms with van der Waals surface area (Å²) in [5, 5.41) is 0. The lowest BCUT2D eigenvalue weighted by Gasteiger charge is -2.10. The van der Waals surface area contributed by atoms with Gasteiger partial charge in [0.2, 0.25) is 0 Å². The van der Waals surface area contributed by atoms with Crippen molar-refractivity contribution in [1.29, 1.82) is 0 Å². The summed E-state index contributed by atoms with van der Waals surface area (Å²) in [5.74, 6) is 0.828. The van der Waals surface area contributed by atoms with Gasteiger partial charge in [-0.15, -0.1) is 0 Å². The predicted molar refractivity (Wildman–Crippen MR) is 61.4 cm³/mol. The van der Waals surface area contributed by atoms with E-state index in [2.05, 4.69) is 6.58 Å². The molecule has 0 saturated carbocycles. The average molecular weight is 220 g/mol. The van der Waals surface area contributed by atoms with E-state index in [1.165, 1.54) is 0 Å². The quantitative estimate of drug-likeness (QED) is 0.730. The number of hydrogen-bond donors (Lipinski definition) is 0. The zero-order valence-electron chi connectivity index (χ0n) is 9.39. The van der Waals surface area contributed by atoms with Crippen LogP contribution in [0.4, 0.5) is 0 Å². The molecule has 1 heterocycles. The van der Waals surface area contributed by atoms with Crippen molar-refractivity contribution in [2.75, 3.05) is 13.2 Å². The van der Waals surface area contributed by atoms with Crippen molar-refractivity contribution in [3.8, 4) is 5.75 Å². The second-order valence-electron chi connectivity index (χ2n) is 3.78. The van der Waals surface area contributed by atoms with Gasteiger partial charge in [-0.1, -0.05) is 24.8 Å². The first-order valence-corrected chi connectivity index (χ1v) is 5.40. The molecule has 1 aliphatic heterocycles. The van der Waals surface area contributed by atoms with E-state index in [-0.39, 0.29) is 12.4 Å². The highest BCUT2D eigenvalue weighted by Crippen LogP contribution is 2.27. The molecule has 0 radical (unpaired) electrons.